The van der Waals surface area contributed by atoms with Crippen LogP contribution in [0.5, 0.6) is 0 Å². The van der Waals surface area contributed by atoms with Crippen molar-refractivity contribution in [1.29, 1.82) is 0 Å². The van der Waals surface area contributed by atoms with Gasteiger partial charge in [-0.3, -0.25) is 0 Å². The smallest absolute Gasteiger partial charge is 0.0349 e. The van der Waals surface area contributed by atoms with E-state index in [-0.39, 0.29) is 37.1 Å². The molecule has 0 N–H and O–H groups in total. The van der Waals surface area contributed by atoms with Crippen molar-refractivity contribution < 1.29 is 0 Å². The average Bonchev–Trinajstić information content (AvgIpc) is 2.96. The Bertz CT molecular complexity index is 357. The van der Waals surface area contributed by atoms with E-state index in [1.165, 1.54) is 51.4 Å². The third-order valence-corrected chi connectivity index (χ3v) is 8.09. The van der Waals surface area contributed by atoms with Crippen LogP contribution in [0.25, 0.3) is 0 Å². The molecule has 0 aromatic carbocycles. The van der Waals surface area contributed by atoms with Crippen LogP contribution in [0, 0.1) is 47.3 Å². The van der Waals surface area contributed by atoms with Gasteiger partial charge in [0.15, 0.2) is 0 Å². The molecule has 0 radical (unpaired) electrons. The second-order valence-corrected chi connectivity index (χ2v) is 10.3. The van der Waals surface area contributed by atoms with Crippen molar-refractivity contribution in [2.24, 2.45) is 47.3 Å². The molecule has 2 saturated carbocycles. The zero-order valence-corrected chi connectivity index (χ0v) is 18.4. The Morgan fingerprint density at radius 2 is 1.30 bits per heavy atom. The molecule has 0 heterocycles. The molecule has 30 heavy (non-hydrogen) atoms. The normalized spacial score (nSPS) is 27.7. The van der Waals surface area contributed by atoms with Crippen LogP contribution < -0.4 is 0 Å². The van der Waals surface area contributed by atoms with Gasteiger partial charge in [-0.1, -0.05) is 117 Å². The lowest BCUT2D eigenvalue weighted by Gasteiger charge is -2.39. The minimum atomic E-state index is 0. The molecular weight excluding hydrogens is 360 g/mol. The van der Waals surface area contributed by atoms with E-state index < -0.39 is 0 Å². The van der Waals surface area contributed by atoms with Gasteiger partial charge in [-0.2, -0.15) is 0 Å². The summed E-state index contributed by atoms with van der Waals surface area (Å²) < 4.78 is 0. The third-order valence-electron chi connectivity index (χ3n) is 8.09. The van der Waals surface area contributed by atoms with Crippen molar-refractivity contribution in [2.75, 3.05) is 0 Å². The maximum atomic E-state index is 2.49. The fourth-order valence-electron chi connectivity index (χ4n) is 6.79. The number of fused-ring (bicyclic) bond motifs is 1. The Balaban J connectivity index is -0.000000676. The Morgan fingerprint density at radius 1 is 0.733 bits per heavy atom. The largest absolute Gasteiger partial charge is 0.0776 e. The van der Waals surface area contributed by atoms with Crippen molar-refractivity contribution in [3.8, 4) is 0 Å². The Hall–Kier alpha value is 0. The molecule has 0 spiro atoms. The lowest BCUT2D eigenvalue weighted by molar-refractivity contribution is 0.102. The van der Waals surface area contributed by atoms with Crippen molar-refractivity contribution in [1.82, 2.24) is 0 Å². The molecule has 0 nitrogen and oxygen atoms in total. The minimum Gasteiger partial charge on any atom is -0.0776 e. The van der Waals surface area contributed by atoms with Crippen LogP contribution in [-0.2, 0) is 0 Å². The van der Waals surface area contributed by atoms with Gasteiger partial charge in [0.1, 0.15) is 0 Å². The molecule has 2 aliphatic rings. The van der Waals surface area contributed by atoms with Gasteiger partial charge in [0.2, 0.25) is 0 Å². The molecule has 0 amide bonds. The Kier molecular flexibility index (Phi) is 23.1. The molecule has 0 heteroatoms. The lowest BCUT2D eigenvalue weighted by atomic mass is 9.66. The van der Waals surface area contributed by atoms with Crippen molar-refractivity contribution >= 4 is 0 Å². The number of hydrogen-bond acceptors (Lipinski definition) is 0. The molecule has 0 aliphatic heterocycles. The van der Waals surface area contributed by atoms with Gasteiger partial charge in [0.05, 0.1) is 0 Å². The molecule has 188 valence electrons. The molecule has 0 aromatic rings. The summed E-state index contributed by atoms with van der Waals surface area (Å²) in [5.74, 6) is 8.05. The molecule has 7 atom stereocenters. The monoisotopic (exact) mass is 429 g/mol. The quantitative estimate of drug-likeness (QED) is 0.324. The minimum absolute atomic E-state index is 0. The van der Waals surface area contributed by atoms with E-state index in [2.05, 4.69) is 41.5 Å². The van der Waals surface area contributed by atoms with Gasteiger partial charge in [-0.05, 0) is 79.4 Å². The highest BCUT2D eigenvalue weighted by Gasteiger charge is 2.47. The first-order valence-electron chi connectivity index (χ1n) is 12.0. The highest BCUT2D eigenvalue weighted by molar-refractivity contribution is 4.96. The second kappa shape index (κ2) is 18.6. The van der Waals surface area contributed by atoms with Crippen LogP contribution in [-0.4, -0.2) is 0 Å². The van der Waals surface area contributed by atoms with Crippen LogP contribution in [0.3, 0.4) is 0 Å². The summed E-state index contributed by atoms with van der Waals surface area (Å²) in [5.41, 5.74) is 0. The Labute approximate surface area is 196 Å². The fourth-order valence-corrected chi connectivity index (χ4v) is 6.79. The van der Waals surface area contributed by atoms with E-state index in [9.17, 15) is 0 Å². The predicted octanol–water partition coefficient (Wildman–Crippen LogP) is 11.5. The van der Waals surface area contributed by atoms with Crippen molar-refractivity contribution in [2.45, 2.75) is 149 Å². The molecule has 0 saturated heterocycles. The summed E-state index contributed by atoms with van der Waals surface area (Å²) in [4.78, 5) is 0. The zero-order valence-electron chi connectivity index (χ0n) is 18.4. The lowest BCUT2D eigenvalue weighted by Crippen LogP contribution is -2.31. The highest BCUT2D eigenvalue weighted by Crippen LogP contribution is 2.56. The van der Waals surface area contributed by atoms with Gasteiger partial charge < -0.3 is 0 Å². The van der Waals surface area contributed by atoms with Gasteiger partial charge in [0, 0.05) is 0 Å². The maximum absolute atomic E-state index is 2.49. The standard InChI is InChI=1S/C25H48.5CH4/c1-7-12-21-17-25(23-14-11-10-13-22(21)23)24(15-18(4)5)20(9-3)16-19(6)8-2;;;;;/h18-25H,7-17H2,1-6H3;5*1H4. The summed E-state index contributed by atoms with van der Waals surface area (Å²) >= 11 is 0. The molecule has 0 bridgehead atoms. The van der Waals surface area contributed by atoms with E-state index in [1.54, 1.807) is 19.3 Å². The first-order valence-corrected chi connectivity index (χ1v) is 12.0. The summed E-state index contributed by atoms with van der Waals surface area (Å²) in [6, 6.07) is 0. The molecule has 2 fully saturated rings. The molecular formula is C30H68. The van der Waals surface area contributed by atoms with Crippen molar-refractivity contribution in [3.05, 3.63) is 0 Å². The van der Waals surface area contributed by atoms with Crippen molar-refractivity contribution in [3.63, 3.8) is 0 Å². The van der Waals surface area contributed by atoms with E-state index in [4.69, 9.17) is 0 Å². The molecule has 2 rings (SSSR count). The summed E-state index contributed by atoms with van der Waals surface area (Å²) in [7, 11) is 0. The zero-order chi connectivity index (χ0) is 18.4. The Morgan fingerprint density at radius 3 is 1.77 bits per heavy atom. The van der Waals surface area contributed by atoms with Crippen LogP contribution in [0.4, 0.5) is 0 Å². The van der Waals surface area contributed by atoms with Gasteiger partial charge in [-0.15, -0.1) is 0 Å². The molecule has 0 aromatic heterocycles. The van der Waals surface area contributed by atoms with Gasteiger partial charge in [-0.25, -0.2) is 0 Å². The maximum Gasteiger partial charge on any atom is -0.0349 e. The van der Waals surface area contributed by atoms with Crippen LogP contribution >= 0.6 is 0 Å². The van der Waals surface area contributed by atoms with Crippen LogP contribution in [0.15, 0.2) is 0 Å². The van der Waals surface area contributed by atoms with E-state index in [0.717, 1.165) is 47.3 Å². The van der Waals surface area contributed by atoms with Crippen LogP contribution in [0.1, 0.15) is 149 Å². The van der Waals surface area contributed by atoms with Gasteiger partial charge in [0.25, 0.3) is 0 Å². The highest BCUT2D eigenvalue weighted by atomic mass is 14.5. The van der Waals surface area contributed by atoms with Gasteiger partial charge >= 0.3 is 0 Å². The van der Waals surface area contributed by atoms with E-state index >= 15 is 0 Å². The second-order valence-electron chi connectivity index (χ2n) is 10.3. The average molecular weight is 429 g/mol. The van der Waals surface area contributed by atoms with E-state index in [0.29, 0.717) is 0 Å². The molecule has 7 unspecified atom stereocenters. The third kappa shape index (κ3) is 9.65. The summed E-state index contributed by atoms with van der Waals surface area (Å²) in [6.07, 6.45) is 16.4. The number of rotatable bonds is 10. The number of hydrogen-bond donors (Lipinski definition) is 0. The SMILES string of the molecule is C.C.C.C.C.CCCC1CC(C(CC(C)C)C(CC)CC(C)CC)C2CCCCC12. The van der Waals surface area contributed by atoms with E-state index in [1.807, 2.05) is 0 Å². The molecule has 2 aliphatic carbocycles. The first-order chi connectivity index (χ1) is 12.0. The predicted molar refractivity (Wildman–Crippen MR) is 146 cm³/mol. The summed E-state index contributed by atoms with van der Waals surface area (Å²) in [5, 5.41) is 0. The topological polar surface area (TPSA) is 0 Å². The summed E-state index contributed by atoms with van der Waals surface area (Å²) in [6.45, 7) is 14.7. The van der Waals surface area contributed by atoms with Crippen LogP contribution in [0.2, 0.25) is 0 Å². The first kappa shape index (κ1) is 37.3. The fraction of sp³-hybridized carbons (Fsp3) is 1.00.